The van der Waals surface area contributed by atoms with Crippen molar-refractivity contribution in [3.8, 4) is 17.3 Å². The highest BCUT2D eigenvalue weighted by molar-refractivity contribution is 5.95. The lowest BCUT2D eigenvalue weighted by Crippen LogP contribution is -2.25. The molecule has 0 radical (unpaired) electrons. The first-order valence-corrected chi connectivity index (χ1v) is 10.8. The molecular formula is C23H25N7O3. The molecule has 10 heteroatoms. The summed E-state index contributed by atoms with van der Waals surface area (Å²) < 4.78 is 14.7. The molecule has 3 aromatic heterocycles. The summed E-state index contributed by atoms with van der Waals surface area (Å²) >= 11 is 0. The first-order chi connectivity index (χ1) is 15.9. The van der Waals surface area contributed by atoms with E-state index in [0.717, 1.165) is 16.8 Å². The number of aromatic nitrogens is 6. The molecule has 1 atom stereocenters. The van der Waals surface area contributed by atoms with Crippen molar-refractivity contribution < 1.29 is 14.3 Å². The Kier molecular flexibility index (Phi) is 5.20. The number of carbonyl (C=O) groups is 1. The standard InChI is InChI=1S/C23H25N7O3/c1-13(2)11-33-17-6-5-15(9-18(17)32-4)16-10-21(31)25-23-22(16)14(3)27-30(23)20-8-7-19-26-24-12-29(19)28-20/h5-9,12-13,16H,10-11H2,1-4H3,(H,25,31). The van der Waals surface area contributed by atoms with E-state index in [9.17, 15) is 4.79 Å². The lowest BCUT2D eigenvalue weighted by atomic mass is 9.85. The number of nitrogens with zero attached hydrogens (tertiary/aromatic N) is 6. The minimum absolute atomic E-state index is 0.0851. The van der Waals surface area contributed by atoms with Crippen LogP contribution in [0.5, 0.6) is 11.5 Å². The molecule has 4 aromatic rings. The Morgan fingerprint density at radius 1 is 1.18 bits per heavy atom. The van der Waals surface area contributed by atoms with Gasteiger partial charge < -0.3 is 14.8 Å². The quantitative estimate of drug-likeness (QED) is 0.484. The van der Waals surface area contributed by atoms with Crippen LogP contribution in [0.2, 0.25) is 0 Å². The molecular weight excluding hydrogens is 422 g/mol. The van der Waals surface area contributed by atoms with Gasteiger partial charge in [0.25, 0.3) is 0 Å². The van der Waals surface area contributed by atoms with Crippen LogP contribution in [0.25, 0.3) is 11.5 Å². The second-order valence-electron chi connectivity index (χ2n) is 8.50. The minimum Gasteiger partial charge on any atom is -0.493 e. The Labute approximate surface area is 190 Å². The molecule has 10 nitrogen and oxygen atoms in total. The molecule has 4 heterocycles. The Bertz CT molecular complexity index is 1340. The summed E-state index contributed by atoms with van der Waals surface area (Å²) in [7, 11) is 1.62. The van der Waals surface area contributed by atoms with E-state index in [-0.39, 0.29) is 11.8 Å². The summed E-state index contributed by atoms with van der Waals surface area (Å²) in [5, 5.41) is 20.1. The number of nitrogens with one attached hydrogen (secondary N) is 1. The zero-order valence-corrected chi connectivity index (χ0v) is 18.9. The Morgan fingerprint density at radius 2 is 2.03 bits per heavy atom. The average Bonchev–Trinajstić information content (AvgIpc) is 3.40. The zero-order valence-electron chi connectivity index (χ0n) is 18.9. The molecule has 0 fully saturated rings. The summed E-state index contributed by atoms with van der Waals surface area (Å²) in [6.07, 6.45) is 1.84. The van der Waals surface area contributed by atoms with E-state index in [2.05, 4.69) is 34.5 Å². The molecule has 0 saturated heterocycles. The van der Waals surface area contributed by atoms with Crippen LogP contribution in [0.1, 0.15) is 43.0 Å². The Morgan fingerprint density at radius 3 is 2.82 bits per heavy atom. The van der Waals surface area contributed by atoms with E-state index in [0.29, 0.717) is 47.7 Å². The van der Waals surface area contributed by atoms with Crippen molar-refractivity contribution in [2.75, 3.05) is 19.0 Å². The minimum atomic E-state index is -0.172. The van der Waals surface area contributed by atoms with Crippen LogP contribution in [0.4, 0.5) is 5.82 Å². The number of fused-ring (bicyclic) bond motifs is 2. The molecule has 1 unspecified atom stereocenters. The van der Waals surface area contributed by atoms with Crippen molar-refractivity contribution in [3.05, 3.63) is 53.5 Å². The first kappa shape index (κ1) is 20.9. The van der Waals surface area contributed by atoms with Gasteiger partial charge in [0.1, 0.15) is 12.1 Å². The summed E-state index contributed by atoms with van der Waals surface area (Å²) in [5.74, 6) is 2.65. The van der Waals surface area contributed by atoms with Crippen molar-refractivity contribution in [1.82, 2.24) is 29.6 Å². The van der Waals surface area contributed by atoms with Gasteiger partial charge in [0.05, 0.1) is 19.4 Å². The average molecular weight is 447 g/mol. The van der Waals surface area contributed by atoms with Crippen molar-refractivity contribution in [2.24, 2.45) is 5.92 Å². The predicted octanol–water partition coefficient (Wildman–Crippen LogP) is 3.14. The van der Waals surface area contributed by atoms with Crippen LogP contribution in [-0.2, 0) is 4.79 Å². The summed E-state index contributed by atoms with van der Waals surface area (Å²) in [4.78, 5) is 12.7. The van der Waals surface area contributed by atoms with Crippen molar-refractivity contribution >= 4 is 17.4 Å². The van der Waals surface area contributed by atoms with Crippen LogP contribution in [0, 0.1) is 12.8 Å². The molecule has 0 aliphatic carbocycles. The summed E-state index contributed by atoms with van der Waals surface area (Å²) in [6, 6.07) is 9.45. The van der Waals surface area contributed by atoms with Gasteiger partial charge in [-0.15, -0.1) is 15.3 Å². The second kappa shape index (κ2) is 8.19. The molecule has 0 bridgehead atoms. The number of hydrogen-bond acceptors (Lipinski definition) is 7. The maximum Gasteiger partial charge on any atom is 0.226 e. The van der Waals surface area contributed by atoms with Crippen molar-refractivity contribution in [3.63, 3.8) is 0 Å². The molecule has 1 N–H and O–H groups in total. The number of ether oxygens (including phenoxy) is 2. The number of amides is 1. The lowest BCUT2D eigenvalue weighted by molar-refractivity contribution is -0.116. The highest BCUT2D eigenvalue weighted by Crippen LogP contribution is 2.42. The van der Waals surface area contributed by atoms with Gasteiger partial charge in [0, 0.05) is 17.9 Å². The SMILES string of the molecule is COc1cc(C2CC(=O)Nc3c2c(C)nn3-c2ccc3nncn3n2)ccc1OCC(C)C. The number of aryl methyl sites for hydroxylation is 1. The predicted molar refractivity (Wildman–Crippen MR) is 121 cm³/mol. The normalized spacial score (nSPS) is 15.5. The van der Waals surface area contributed by atoms with Gasteiger partial charge in [-0.1, -0.05) is 19.9 Å². The van der Waals surface area contributed by atoms with Gasteiger partial charge in [-0.25, -0.2) is 0 Å². The number of hydrogen-bond donors (Lipinski definition) is 1. The van der Waals surface area contributed by atoms with E-state index in [1.54, 1.807) is 22.4 Å². The topological polar surface area (TPSA) is 108 Å². The van der Waals surface area contributed by atoms with Crippen LogP contribution in [-0.4, -0.2) is 49.2 Å². The van der Waals surface area contributed by atoms with E-state index < -0.39 is 0 Å². The van der Waals surface area contributed by atoms with Crippen LogP contribution >= 0.6 is 0 Å². The van der Waals surface area contributed by atoms with Gasteiger partial charge in [-0.2, -0.15) is 14.3 Å². The van der Waals surface area contributed by atoms with Gasteiger partial charge in [0.15, 0.2) is 23.0 Å². The molecule has 170 valence electrons. The summed E-state index contributed by atoms with van der Waals surface area (Å²) in [6.45, 7) is 6.73. The largest absolute Gasteiger partial charge is 0.493 e. The van der Waals surface area contributed by atoms with E-state index >= 15 is 0 Å². The molecule has 0 saturated carbocycles. The fourth-order valence-electron chi connectivity index (χ4n) is 4.11. The Hall–Kier alpha value is -3.95. The van der Waals surface area contributed by atoms with E-state index in [4.69, 9.17) is 14.6 Å². The third kappa shape index (κ3) is 3.77. The maximum absolute atomic E-state index is 12.7. The Balaban J connectivity index is 1.56. The first-order valence-electron chi connectivity index (χ1n) is 10.8. The number of carbonyl (C=O) groups excluding carboxylic acids is 1. The van der Waals surface area contributed by atoms with Crippen LogP contribution in [0.3, 0.4) is 0 Å². The molecule has 1 amide bonds. The van der Waals surface area contributed by atoms with Crippen LogP contribution in [0.15, 0.2) is 36.7 Å². The third-order valence-corrected chi connectivity index (χ3v) is 5.63. The molecule has 1 aliphatic rings. The van der Waals surface area contributed by atoms with Gasteiger partial charge in [0.2, 0.25) is 5.91 Å². The molecule has 0 spiro atoms. The molecule has 33 heavy (non-hydrogen) atoms. The fraction of sp³-hybridized carbons (Fsp3) is 0.348. The monoisotopic (exact) mass is 447 g/mol. The highest BCUT2D eigenvalue weighted by Gasteiger charge is 2.33. The molecule has 1 aliphatic heterocycles. The number of methoxy groups -OCH3 is 1. The van der Waals surface area contributed by atoms with Gasteiger partial charge in [-0.3, -0.25) is 4.79 Å². The van der Waals surface area contributed by atoms with Crippen molar-refractivity contribution in [2.45, 2.75) is 33.1 Å². The smallest absolute Gasteiger partial charge is 0.226 e. The molecule has 1 aromatic carbocycles. The van der Waals surface area contributed by atoms with E-state index in [1.807, 2.05) is 31.2 Å². The maximum atomic E-state index is 12.7. The second-order valence-corrected chi connectivity index (χ2v) is 8.50. The highest BCUT2D eigenvalue weighted by atomic mass is 16.5. The fourth-order valence-corrected chi connectivity index (χ4v) is 4.11. The van der Waals surface area contributed by atoms with Gasteiger partial charge in [-0.05, 0) is 42.7 Å². The molecule has 5 rings (SSSR count). The number of anilines is 1. The van der Waals surface area contributed by atoms with Crippen molar-refractivity contribution in [1.29, 1.82) is 0 Å². The number of benzene rings is 1. The van der Waals surface area contributed by atoms with Gasteiger partial charge >= 0.3 is 0 Å². The third-order valence-electron chi connectivity index (χ3n) is 5.63. The van der Waals surface area contributed by atoms with E-state index in [1.165, 1.54) is 6.33 Å². The zero-order chi connectivity index (χ0) is 23.1. The number of rotatable bonds is 6. The lowest BCUT2D eigenvalue weighted by Gasteiger charge is -2.25. The summed E-state index contributed by atoms with van der Waals surface area (Å²) in [5.41, 5.74) is 3.37. The van der Waals surface area contributed by atoms with Crippen LogP contribution < -0.4 is 14.8 Å².